The molecule has 3 aromatic carbocycles. The average molecular weight is 454 g/mol. The van der Waals surface area contributed by atoms with Gasteiger partial charge in [0.1, 0.15) is 5.25 Å². The van der Waals surface area contributed by atoms with Crippen LogP contribution in [0, 0.1) is 0 Å². The molecule has 5 nitrogen and oxygen atoms in total. The smallest absolute Gasteiger partial charge is 0.312 e. The lowest BCUT2D eigenvalue weighted by Gasteiger charge is -2.20. The van der Waals surface area contributed by atoms with Gasteiger partial charge in [-0.3, -0.25) is 4.79 Å². The molecule has 0 saturated carbocycles. The summed E-state index contributed by atoms with van der Waals surface area (Å²) in [7, 11) is -4.09. The van der Waals surface area contributed by atoms with E-state index in [2.05, 4.69) is 6.58 Å². The van der Waals surface area contributed by atoms with Gasteiger partial charge in [0.05, 0.1) is 11.4 Å². The fourth-order valence-electron chi connectivity index (χ4n) is 3.82. The van der Waals surface area contributed by atoms with Crippen LogP contribution < -0.4 is 0 Å². The number of hydrogen-bond acceptors (Lipinski definition) is 3. The standard InChI is InChI=1S/C24H20ClNO4S/c1-3-23(18-9-8-16-6-4-5-7-17(16)12-18)31(29,30)26-21-11-10-20(25)13-19(21)14-22(26)15(2)24(27)28/h3-15,23H,1H2,2H3,(H,27,28). The number of halogens is 1. The summed E-state index contributed by atoms with van der Waals surface area (Å²) in [6, 6.07) is 19.5. The maximum atomic E-state index is 13.9. The summed E-state index contributed by atoms with van der Waals surface area (Å²) in [6.45, 7) is 5.23. The summed E-state index contributed by atoms with van der Waals surface area (Å²) in [5.41, 5.74) is 1.09. The van der Waals surface area contributed by atoms with Gasteiger partial charge < -0.3 is 5.11 Å². The van der Waals surface area contributed by atoms with Crippen molar-refractivity contribution in [2.45, 2.75) is 18.1 Å². The molecule has 0 aliphatic carbocycles. The quantitative estimate of drug-likeness (QED) is 0.377. The molecule has 4 rings (SSSR count). The van der Waals surface area contributed by atoms with E-state index in [9.17, 15) is 18.3 Å². The highest BCUT2D eigenvalue weighted by Gasteiger charge is 2.33. The second-order valence-electron chi connectivity index (χ2n) is 7.40. The molecule has 1 aromatic heterocycles. The molecule has 0 radical (unpaired) electrons. The monoisotopic (exact) mass is 453 g/mol. The third-order valence-electron chi connectivity index (χ3n) is 5.45. The lowest BCUT2D eigenvalue weighted by molar-refractivity contribution is -0.138. The van der Waals surface area contributed by atoms with Crippen LogP contribution in [-0.4, -0.2) is 23.5 Å². The molecule has 0 fully saturated rings. The number of benzene rings is 3. The van der Waals surface area contributed by atoms with E-state index in [1.807, 2.05) is 36.4 Å². The summed E-state index contributed by atoms with van der Waals surface area (Å²) >= 11 is 6.09. The predicted octanol–water partition coefficient (Wildman–Crippen LogP) is 5.74. The van der Waals surface area contributed by atoms with Crippen molar-refractivity contribution in [3.8, 4) is 0 Å². The number of carbonyl (C=O) groups is 1. The molecule has 4 aromatic rings. The third kappa shape index (κ3) is 3.62. The van der Waals surface area contributed by atoms with E-state index >= 15 is 0 Å². The fraction of sp³-hybridized carbons (Fsp3) is 0.125. The van der Waals surface area contributed by atoms with Crippen LogP contribution in [0.25, 0.3) is 21.7 Å². The molecular weight excluding hydrogens is 434 g/mol. The minimum atomic E-state index is -4.09. The molecule has 0 aliphatic rings. The Bertz CT molecular complexity index is 1440. The van der Waals surface area contributed by atoms with Crippen molar-refractivity contribution in [1.29, 1.82) is 0 Å². The van der Waals surface area contributed by atoms with Crippen LogP contribution in [-0.2, 0) is 14.8 Å². The molecule has 0 saturated heterocycles. The first-order valence-electron chi connectivity index (χ1n) is 9.63. The molecule has 2 atom stereocenters. The minimum absolute atomic E-state index is 0.164. The van der Waals surface area contributed by atoms with Crippen LogP contribution in [0.3, 0.4) is 0 Å². The molecule has 0 bridgehead atoms. The van der Waals surface area contributed by atoms with E-state index in [1.165, 1.54) is 13.0 Å². The van der Waals surface area contributed by atoms with E-state index < -0.39 is 27.2 Å². The highest BCUT2D eigenvalue weighted by atomic mass is 35.5. The van der Waals surface area contributed by atoms with Crippen molar-refractivity contribution in [2.75, 3.05) is 0 Å². The van der Waals surface area contributed by atoms with Crippen LogP contribution in [0.5, 0.6) is 0 Å². The normalized spacial score (nSPS) is 13.9. The third-order valence-corrected chi connectivity index (χ3v) is 7.71. The number of aliphatic carboxylic acids is 1. The van der Waals surface area contributed by atoms with E-state index in [0.717, 1.165) is 14.7 Å². The number of hydrogen-bond donors (Lipinski definition) is 1. The molecule has 7 heteroatoms. The van der Waals surface area contributed by atoms with Gasteiger partial charge in [0.15, 0.2) is 0 Å². The highest BCUT2D eigenvalue weighted by molar-refractivity contribution is 7.90. The van der Waals surface area contributed by atoms with Gasteiger partial charge in [-0.2, -0.15) is 0 Å². The van der Waals surface area contributed by atoms with Crippen LogP contribution in [0.2, 0.25) is 5.02 Å². The van der Waals surface area contributed by atoms with E-state index in [1.54, 1.807) is 30.3 Å². The van der Waals surface area contributed by atoms with Crippen molar-refractivity contribution in [1.82, 2.24) is 3.97 Å². The topological polar surface area (TPSA) is 76.4 Å². The van der Waals surface area contributed by atoms with Gasteiger partial charge in [0.25, 0.3) is 0 Å². The maximum Gasteiger partial charge on any atom is 0.312 e. The maximum absolute atomic E-state index is 13.9. The number of aromatic nitrogens is 1. The Morgan fingerprint density at radius 1 is 1.03 bits per heavy atom. The molecule has 1 N–H and O–H groups in total. The zero-order valence-electron chi connectivity index (χ0n) is 16.7. The van der Waals surface area contributed by atoms with Gasteiger partial charge >= 0.3 is 5.97 Å². The van der Waals surface area contributed by atoms with Gasteiger partial charge in [0, 0.05) is 16.1 Å². The SMILES string of the molecule is C=CC(c1ccc2ccccc2c1)S(=O)(=O)n1c(C(C)C(=O)O)cc2cc(Cl)ccc21. The Hall–Kier alpha value is -3.09. The Kier molecular flexibility index (Phi) is 5.37. The van der Waals surface area contributed by atoms with Crippen molar-refractivity contribution >= 4 is 49.3 Å². The molecule has 1 heterocycles. The molecule has 0 amide bonds. The molecule has 0 aliphatic heterocycles. The molecular formula is C24H20ClNO4S. The first kappa shape index (κ1) is 21.2. The summed E-state index contributed by atoms with van der Waals surface area (Å²) in [4.78, 5) is 11.7. The van der Waals surface area contributed by atoms with Gasteiger partial charge in [-0.15, -0.1) is 6.58 Å². The van der Waals surface area contributed by atoms with Gasteiger partial charge in [0.2, 0.25) is 10.0 Å². The zero-order chi connectivity index (χ0) is 22.3. The van der Waals surface area contributed by atoms with Crippen molar-refractivity contribution in [2.24, 2.45) is 0 Å². The molecule has 0 spiro atoms. The van der Waals surface area contributed by atoms with Crippen molar-refractivity contribution < 1.29 is 18.3 Å². The van der Waals surface area contributed by atoms with Crippen LogP contribution >= 0.6 is 11.6 Å². The van der Waals surface area contributed by atoms with Crippen LogP contribution in [0.4, 0.5) is 0 Å². The lowest BCUT2D eigenvalue weighted by atomic mass is 10.1. The lowest BCUT2D eigenvalue weighted by Crippen LogP contribution is -2.24. The Morgan fingerprint density at radius 2 is 1.74 bits per heavy atom. The van der Waals surface area contributed by atoms with E-state index in [4.69, 9.17) is 11.6 Å². The van der Waals surface area contributed by atoms with Crippen molar-refractivity contribution in [3.05, 3.63) is 95.7 Å². The molecule has 158 valence electrons. The van der Waals surface area contributed by atoms with Crippen LogP contribution in [0.1, 0.15) is 29.3 Å². The van der Waals surface area contributed by atoms with E-state index in [0.29, 0.717) is 21.5 Å². The molecule has 31 heavy (non-hydrogen) atoms. The summed E-state index contributed by atoms with van der Waals surface area (Å²) in [5, 5.41) is 11.4. The second-order valence-corrected chi connectivity index (χ2v) is 9.74. The Morgan fingerprint density at radius 3 is 2.42 bits per heavy atom. The largest absolute Gasteiger partial charge is 0.481 e. The van der Waals surface area contributed by atoms with Gasteiger partial charge in [-0.05, 0) is 53.6 Å². The predicted molar refractivity (Wildman–Crippen MR) is 124 cm³/mol. The fourth-order valence-corrected chi connectivity index (χ4v) is 5.91. The highest BCUT2D eigenvalue weighted by Crippen LogP contribution is 2.35. The van der Waals surface area contributed by atoms with E-state index in [-0.39, 0.29) is 5.69 Å². The average Bonchev–Trinajstić information content (AvgIpc) is 3.12. The number of rotatable bonds is 6. The number of fused-ring (bicyclic) bond motifs is 2. The second kappa shape index (κ2) is 7.87. The first-order chi connectivity index (χ1) is 14.7. The zero-order valence-corrected chi connectivity index (χ0v) is 18.3. The number of nitrogens with zero attached hydrogens (tertiary/aromatic N) is 1. The molecule has 2 unspecified atom stereocenters. The number of carboxylic acid groups (broad SMARTS) is 1. The number of carboxylic acids is 1. The summed E-state index contributed by atoms with van der Waals surface area (Å²) < 4.78 is 28.9. The van der Waals surface area contributed by atoms with Gasteiger partial charge in [-0.25, -0.2) is 12.4 Å². The Balaban J connectivity index is 1.96. The minimum Gasteiger partial charge on any atom is -0.481 e. The summed E-state index contributed by atoms with van der Waals surface area (Å²) in [5.74, 6) is -2.16. The van der Waals surface area contributed by atoms with Crippen molar-refractivity contribution in [3.63, 3.8) is 0 Å². The van der Waals surface area contributed by atoms with Crippen LogP contribution in [0.15, 0.2) is 79.4 Å². The first-order valence-corrected chi connectivity index (χ1v) is 11.5. The Labute approximate surface area is 185 Å². The summed E-state index contributed by atoms with van der Waals surface area (Å²) in [6.07, 6.45) is 1.37. The van der Waals surface area contributed by atoms with Gasteiger partial charge in [-0.1, -0.05) is 54.1 Å².